The molecule has 3 heteroatoms. The number of likely N-dealkylation sites (tertiary alicyclic amines) is 1. The molecule has 0 spiro atoms. The van der Waals surface area contributed by atoms with Gasteiger partial charge in [-0.15, -0.1) is 0 Å². The second kappa shape index (κ2) is 5.81. The molecule has 1 atom stereocenters. The van der Waals surface area contributed by atoms with Crippen molar-refractivity contribution in [1.29, 1.82) is 0 Å². The Balaban J connectivity index is 1.98. The van der Waals surface area contributed by atoms with E-state index in [0.29, 0.717) is 6.04 Å². The Hall–Kier alpha value is -0.730. The predicted octanol–water partition coefficient (Wildman–Crippen LogP) is 4.88. The number of halogens is 1. The molecule has 1 unspecified atom stereocenters. The Morgan fingerprint density at radius 3 is 2.43 bits per heavy atom. The van der Waals surface area contributed by atoms with E-state index in [0.717, 1.165) is 5.02 Å². The Bertz CT molecular complexity index is 500. The molecule has 116 valence electrons. The lowest BCUT2D eigenvalue weighted by atomic mass is 9.97. The summed E-state index contributed by atoms with van der Waals surface area (Å²) < 4.78 is 0. The second-order valence-electron chi connectivity index (χ2n) is 7.42. The normalized spacial score (nSPS) is 24.0. The van der Waals surface area contributed by atoms with Crippen LogP contribution in [0.5, 0.6) is 0 Å². The largest absolute Gasteiger partial charge is 0.371 e. The SMILES string of the molecule is CC(C)(C)N1CCCC1c1cc(Cl)ccc1N1CCCC1. The predicted molar refractivity (Wildman–Crippen MR) is 91.3 cm³/mol. The van der Waals surface area contributed by atoms with Gasteiger partial charge in [-0.1, -0.05) is 11.6 Å². The fourth-order valence-electron chi connectivity index (χ4n) is 3.93. The van der Waals surface area contributed by atoms with Crippen LogP contribution in [0.15, 0.2) is 18.2 Å². The first-order valence-corrected chi connectivity index (χ1v) is 8.66. The van der Waals surface area contributed by atoms with E-state index in [1.165, 1.54) is 56.6 Å². The Kier molecular flexibility index (Phi) is 4.20. The molecule has 21 heavy (non-hydrogen) atoms. The van der Waals surface area contributed by atoms with E-state index in [1.807, 2.05) is 0 Å². The Morgan fingerprint density at radius 2 is 1.76 bits per heavy atom. The van der Waals surface area contributed by atoms with Crippen molar-refractivity contribution in [3.63, 3.8) is 0 Å². The Morgan fingerprint density at radius 1 is 1.05 bits per heavy atom. The molecule has 3 rings (SSSR count). The van der Waals surface area contributed by atoms with Crippen LogP contribution in [0, 0.1) is 0 Å². The highest BCUT2D eigenvalue weighted by Crippen LogP contribution is 2.42. The van der Waals surface area contributed by atoms with Crippen LogP contribution < -0.4 is 4.90 Å². The fourth-order valence-corrected chi connectivity index (χ4v) is 4.11. The van der Waals surface area contributed by atoms with Crippen LogP contribution in [0.4, 0.5) is 5.69 Å². The standard InChI is InChI=1S/C18H27ClN2/c1-18(2,3)21-12-6-7-17(21)15-13-14(19)8-9-16(15)20-10-4-5-11-20/h8-9,13,17H,4-7,10-12H2,1-3H3. The number of nitrogens with zero attached hydrogens (tertiary/aromatic N) is 2. The zero-order valence-corrected chi connectivity index (χ0v) is 14.3. The van der Waals surface area contributed by atoms with Crippen LogP contribution in [0.1, 0.15) is 58.1 Å². The summed E-state index contributed by atoms with van der Waals surface area (Å²) in [5.74, 6) is 0. The van der Waals surface area contributed by atoms with Crippen molar-refractivity contribution in [1.82, 2.24) is 4.90 Å². The lowest BCUT2D eigenvalue weighted by Gasteiger charge is -2.38. The third kappa shape index (κ3) is 3.07. The molecular formula is C18H27ClN2. The molecule has 0 radical (unpaired) electrons. The smallest absolute Gasteiger partial charge is 0.0415 e. The van der Waals surface area contributed by atoms with Gasteiger partial charge in [-0.3, -0.25) is 4.90 Å². The number of hydrogen-bond donors (Lipinski definition) is 0. The lowest BCUT2D eigenvalue weighted by Crippen LogP contribution is -2.41. The molecule has 2 fully saturated rings. The van der Waals surface area contributed by atoms with E-state index in [4.69, 9.17) is 11.6 Å². The van der Waals surface area contributed by atoms with E-state index in [-0.39, 0.29) is 5.54 Å². The third-order valence-corrected chi connectivity index (χ3v) is 5.14. The molecule has 2 saturated heterocycles. The molecule has 1 aromatic carbocycles. The highest BCUT2D eigenvalue weighted by molar-refractivity contribution is 6.30. The van der Waals surface area contributed by atoms with E-state index >= 15 is 0 Å². The molecule has 0 aromatic heterocycles. The van der Waals surface area contributed by atoms with Gasteiger partial charge in [0.05, 0.1) is 0 Å². The van der Waals surface area contributed by atoms with E-state index < -0.39 is 0 Å². The molecule has 1 aromatic rings. The number of rotatable bonds is 2. The van der Waals surface area contributed by atoms with Gasteiger partial charge in [0.25, 0.3) is 0 Å². The highest BCUT2D eigenvalue weighted by Gasteiger charge is 2.35. The second-order valence-corrected chi connectivity index (χ2v) is 7.86. The van der Waals surface area contributed by atoms with Crippen LogP contribution in [0.3, 0.4) is 0 Å². The third-order valence-electron chi connectivity index (χ3n) is 4.91. The van der Waals surface area contributed by atoms with Gasteiger partial charge >= 0.3 is 0 Å². The van der Waals surface area contributed by atoms with Crippen molar-refractivity contribution >= 4 is 17.3 Å². The molecule has 2 aliphatic rings. The zero-order chi connectivity index (χ0) is 15.0. The highest BCUT2D eigenvalue weighted by atomic mass is 35.5. The molecule has 2 aliphatic heterocycles. The van der Waals surface area contributed by atoms with Crippen LogP contribution >= 0.6 is 11.6 Å². The zero-order valence-electron chi connectivity index (χ0n) is 13.5. The number of hydrogen-bond acceptors (Lipinski definition) is 2. The summed E-state index contributed by atoms with van der Waals surface area (Å²) in [5.41, 5.74) is 3.07. The van der Waals surface area contributed by atoms with Gasteiger partial charge in [0.15, 0.2) is 0 Å². The number of benzene rings is 1. The Labute approximate surface area is 134 Å². The van der Waals surface area contributed by atoms with Gasteiger partial charge < -0.3 is 4.90 Å². The van der Waals surface area contributed by atoms with Gasteiger partial charge in [-0.25, -0.2) is 0 Å². The maximum atomic E-state index is 6.33. The first kappa shape index (κ1) is 15.2. The first-order valence-electron chi connectivity index (χ1n) is 8.28. The summed E-state index contributed by atoms with van der Waals surface area (Å²) in [7, 11) is 0. The molecule has 0 amide bonds. The van der Waals surface area contributed by atoms with E-state index in [1.54, 1.807) is 0 Å². The van der Waals surface area contributed by atoms with Crippen LogP contribution in [0.2, 0.25) is 5.02 Å². The average Bonchev–Trinajstić information content (AvgIpc) is 3.09. The summed E-state index contributed by atoms with van der Waals surface area (Å²) in [4.78, 5) is 5.20. The van der Waals surface area contributed by atoms with Gasteiger partial charge in [0.2, 0.25) is 0 Å². The molecule has 0 bridgehead atoms. The fraction of sp³-hybridized carbons (Fsp3) is 0.667. The minimum atomic E-state index is 0.214. The molecule has 2 heterocycles. The van der Waals surface area contributed by atoms with Crippen LogP contribution in [-0.4, -0.2) is 30.1 Å². The van der Waals surface area contributed by atoms with Crippen molar-refractivity contribution < 1.29 is 0 Å². The maximum Gasteiger partial charge on any atom is 0.0415 e. The summed E-state index contributed by atoms with van der Waals surface area (Å²) in [5, 5.41) is 0.869. The molecular weight excluding hydrogens is 280 g/mol. The number of anilines is 1. The summed E-state index contributed by atoms with van der Waals surface area (Å²) in [6.45, 7) is 10.6. The van der Waals surface area contributed by atoms with Gasteiger partial charge in [0.1, 0.15) is 0 Å². The monoisotopic (exact) mass is 306 g/mol. The minimum Gasteiger partial charge on any atom is -0.371 e. The average molecular weight is 307 g/mol. The maximum absolute atomic E-state index is 6.33. The molecule has 0 saturated carbocycles. The molecule has 2 nitrogen and oxygen atoms in total. The topological polar surface area (TPSA) is 6.48 Å². The molecule has 0 N–H and O–H groups in total. The van der Waals surface area contributed by atoms with Crippen LogP contribution in [0.25, 0.3) is 0 Å². The van der Waals surface area contributed by atoms with Gasteiger partial charge in [0, 0.05) is 35.4 Å². The first-order chi connectivity index (χ1) is 9.97. The van der Waals surface area contributed by atoms with E-state index in [2.05, 4.69) is 48.8 Å². The summed E-state index contributed by atoms with van der Waals surface area (Å²) in [6, 6.07) is 7.01. The van der Waals surface area contributed by atoms with Crippen LogP contribution in [-0.2, 0) is 0 Å². The summed E-state index contributed by atoms with van der Waals surface area (Å²) in [6.07, 6.45) is 5.16. The lowest BCUT2D eigenvalue weighted by molar-refractivity contribution is 0.122. The van der Waals surface area contributed by atoms with Crippen molar-refractivity contribution in [2.24, 2.45) is 0 Å². The quantitative estimate of drug-likeness (QED) is 0.768. The summed E-state index contributed by atoms with van der Waals surface area (Å²) >= 11 is 6.33. The van der Waals surface area contributed by atoms with Gasteiger partial charge in [-0.2, -0.15) is 0 Å². The van der Waals surface area contributed by atoms with Crippen molar-refractivity contribution in [2.45, 2.75) is 58.0 Å². The molecule has 0 aliphatic carbocycles. The van der Waals surface area contributed by atoms with Gasteiger partial charge in [-0.05, 0) is 76.8 Å². The minimum absolute atomic E-state index is 0.214. The van der Waals surface area contributed by atoms with Crippen molar-refractivity contribution in [3.8, 4) is 0 Å². The van der Waals surface area contributed by atoms with Crippen molar-refractivity contribution in [2.75, 3.05) is 24.5 Å². The van der Waals surface area contributed by atoms with E-state index in [9.17, 15) is 0 Å². The van der Waals surface area contributed by atoms with Crippen molar-refractivity contribution in [3.05, 3.63) is 28.8 Å².